The molecule has 0 aliphatic carbocycles. The van der Waals surface area contributed by atoms with E-state index in [9.17, 15) is 4.79 Å². The summed E-state index contributed by atoms with van der Waals surface area (Å²) in [5.74, 6) is 1.80. The number of carbonyl (C=O) groups is 1. The van der Waals surface area contributed by atoms with E-state index in [0.29, 0.717) is 6.54 Å². The number of ether oxygens (including phenoxy) is 1. The number of nitrogens with one attached hydrogen (secondary N) is 1. The number of guanidine groups is 1. The van der Waals surface area contributed by atoms with Gasteiger partial charge in [0.15, 0.2) is 5.96 Å². The number of hydrogen-bond acceptors (Lipinski definition) is 4. The summed E-state index contributed by atoms with van der Waals surface area (Å²) in [6.45, 7) is 7.89. The number of anilines is 1. The van der Waals surface area contributed by atoms with Crippen molar-refractivity contribution in [2.75, 3.05) is 57.8 Å². The fourth-order valence-electron chi connectivity index (χ4n) is 4.43. The Labute approximate surface area is 190 Å². The molecule has 1 fully saturated rings. The molecular formula is C25H33N5O2. The number of para-hydroxylation sites is 2. The first-order valence-electron chi connectivity index (χ1n) is 11.5. The van der Waals surface area contributed by atoms with Gasteiger partial charge in [-0.15, -0.1) is 0 Å². The zero-order valence-corrected chi connectivity index (χ0v) is 19.1. The average Bonchev–Trinajstić information content (AvgIpc) is 2.86. The Morgan fingerprint density at radius 1 is 0.969 bits per heavy atom. The van der Waals surface area contributed by atoms with Crippen LogP contribution in [0.4, 0.5) is 5.69 Å². The van der Waals surface area contributed by atoms with Crippen LogP contribution in [0.5, 0.6) is 5.75 Å². The topological polar surface area (TPSA) is 60.4 Å². The molecule has 1 saturated heterocycles. The van der Waals surface area contributed by atoms with Gasteiger partial charge in [0.05, 0.1) is 12.8 Å². The van der Waals surface area contributed by atoms with Crippen molar-refractivity contribution in [2.45, 2.75) is 19.9 Å². The first-order chi connectivity index (χ1) is 15.7. The number of nitrogens with zero attached hydrogens (tertiary/aromatic N) is 4. The number of fused-ring (bicyclic) bond motifs is 1. The average molecular weight is 436 g/mol. The van der Waals surface area contributed by atoms with Crippen molar-refractivity contribution >= 4 is 17.6 Å². The van der Waals surface area contributed by atoms with Crippen LogP contribution in [0.25, 0.3) is 0 Å². The lowest BCUT2D eigenvalue weighted by molar-refractivity contribution is -0.130. The molecule has 2 aliphatic heterocycles. The van der Waals surface area contributed by atoms with Crippen LogP contribution in [0.2, 0.25) is 0 Å². The van der Waals surface area contributed by atoms with E-state index in [1.807, 2.05) is 29.2 Å². The second-order valence-corrected chi connectivity index (χ2v) is 8.15. The number of amides is 1. The summed E-state index contributed by atoms with van der Waals surface area (Å²) in [5.41, 5.74) is 3.72. The number of methoxy groups -OCH3 is 1. The molecule has 1 amide bonds. The first kappa shape index (κ1) is 22.0. The summed E-state index contributed by atoms with van der Waals surface area (Å²) in [6, 6.07) is 16.5. The second-order valence-electron chi connectivity index (χ2n) is 8.15. The maximum atomic E-state index is 12.9. The number of aliphatic imine (C=N–C) groups is 1. The van der Waals surface area contributed by atoms with Crippen molar-refractivity contribution in [1.29, 1.82) is 0 Å². The van der Waals surface area contributed by atoms with Crippen LogP contribution >= 0.6 is 0 Å². The van der Waals surface area contributed by atoms with Crippen molar-refractivity contribution < 1.29 is 9.53 Å². The second kappa shape index (κ2) is 10.4. The van der Waals surface area contributed by atoms with Crippen LogP contribution in [0.15, 0.2) is 53.5 Å². The Balaban J connectivity index is 1.36. The molecule has 170 valence electrons. The normalized spacial score (nSPS) is 16.6. The van der Waals surface area contributed by atoms with Crippen molar-refractivity contribution in [3.05, 3.63) is 59.7 Å². The first-order valence-corrected chi connectivity index (χ1v) is 11.5. The molecule has 2 heterocycles. The van der Waals surface area contributed by atoms with Gasteiger partial charge in [0.25, 0.3) is 0 Å². The number of rotatable bonds is 5. The van der Waals surface area contributed by atoms with Crippen molar-refractivity contribution in [3.8, 4) is 5.75 Å². The van der Waals surface area contributed by atoms with Gasteiger partial charge in [-0.2, -0.15) is 0 Å². The third kappa shape index (κ3) is 4.98. The van der Waals surface area contributed by atoms with Crippen molar-refractivity contribution in [1.82, 2.24) is 15.1 Å². The number of hydrogen-bond donors (Lipinski definition) is 1. The summed E-state index contributed by atoms with van der Waals surface area (Å²) in [6.07, 6.45) is 0.913. The Hall–Kier alpha value is -3.22. The molecule has 7 heteroatoms. The third-order valence-electron chi connectivity index (χ3n) is 6.19. The zero-order valence-electron chi connectivity index (χ0n) is 19.1. The third-order valence-corrected chi connectivity index (χ3v) is 6.19. The molecular weight excluding hydrogens is 402 g/mol. The summed E-state index contributed by atoms with van der Waals surface area (Å²) in [4.78, 5) is 24.1. The smallest absolute Gasteiger partial charge is 0.244 e. The minimum absolute atomic E-state index is 0.0857. The van der Waals surface area contributed by atoms with Gasteiger partial charge in [-0.1, -0.05) is 36.4 Å². The summed E-state index contributed by atoms with van der Waals surface area (Å²) < 4.78 is 5.52. The van der Waals surface area contributed by atoms with Gasteiger partial charge < -0.3 is 24.8 Å². The summed E-state index contributed by atoms with van der Waals surface area (Å²) >= 11 is 0. The van der Waals surface area contributed by atoms with E-state index in [1.165, 1.54) is 11.1 Å². The monoisotopic (exact) mass is 435 g/mol. The highest BCUT2D eigenvalue weighted by molar-refractivity contribution is 5.85. The molecule has 0 bridgehead atoms. The van der Waals surface area contributed by atoms with E-state index in [2.05, 4.69) is 46.3 Å². The molecule has 32 heavy (non-hydrogen) atoms. The maximum Gasteiger partial charge on any atom is 0.244 e. The number of piperazine rings is 1. The molecule has 0 spiro atoms. The van der Waals surface area contributed by atoms with E-state index in [0.717, 1.165) is 63.1 Å². The number of carbonyl (C=O) groups excluding carboxylic acids is 1. The van der Waals surface area contributed by atoms with Gasteiger partial charge in [-0.25, -0.2) is 4.99 Å². The highest BCUT2D eigenvalue weighted by atomic mass is 16.5. The predicted molar refractivity (Wildman–Crippen MR) is 128 cm³/mol. The molecule has 4 rings (SSSR count). The minimum Gasteiger partial charge on any atom is -0.495 e. The van der Waals surface area contributed by atoms with Gasteiger partial charge in [0.1, 0.15) is 12.3 Å². The van der Waals surface area contributed by atoms with Gasteiger partial charge in [-0.3, -0.25) is 4.79 Å². The standard InChI is InChI=1S/C25H33N5O2/c1-3-26-25(27-18-24(31)30-13-12-20-8-4-5-9-21(20)19-30)29-16-14-28(15-17-29)22-10-6-7-11-23(22)32-2/h4-11H,3,12-19H2,1-2H3,(H,26,27). The summed E-state index contributed by atoms with van der Waals surface area (Å²) in [5, 5.41) is 3.37. The van der Waals surface area contributed by atoms with Gasteiger partial charge in [-0.05, 0) is 36.6 Å². The van der Waals surface area contributed by atoms with E-state index >= 15 is 0 Å². The molecule has 0 radical (unpaired) electrons. The largest absolute Gasteiger partial charge is 0.495 e. The molecule has 0 atom stereocenters. The minimum atomic E-state index is 0.0857. The van der Waals surface area contributed by atoms with Crippen LogP contribution < -0.4 is 15.0 Å². The van der Waals surface area contributed by atoms with Gasteiger partial charge in [0, 0.05) is 45.8 Å². The lowest BCUT2D eigenvalue weighted by Crippen LogP contribution is -2.53. The zero-order chi connectivity index (χ0) is 22.3. The SMILES string of the molecule is CCNC(=NCC(=O)N1CCc2ccccc2C1)N1CCN(c2ccccc2OC)CC1. The maximum absolute atomic E-state index is 12.9. The molecule has 1 N–H and O–H groups in total. The molecule has 2 aromatic carbocycles. The van der Waals surface area contributed by atoms with Crippen molar-refractivity contribution in [3.63, 3.8) is 0 Å². The van der Waals surface area contributed by atoms with E-state index in [-0.39, 0.29) is 12.5 Å². The molecule has 7 nitrogen and oxygen atoms in total. The van der Waals surface area contributed by atoms with E-state index in [1.54, 1.807) is 7.11 Å². The lowest BCUT2D eigenvalue weighted by Gasteiger charge is -2.38. The number of benzene rings is 2. The molecule has 2 aromatic rings. The Morgan fingerprint density at radius 2 is 1.69 bits per heavy atom. The van der Waals surface area contributed by atoms with E-state index in [4.69, 9.17) is 9.73 Å². The lowest BCUT2D eigenvalue weighted by atomic mass is 10.00. The molecule has 2 aliphatic rings. The quantitative estimate of drug-likeness (QED) is 0.577. The Morgan fingerprint density at radius 3 is 2.44 bits per heavy atom. The van der Waals surface area contributed by atoms with Crippen LogP contribution in [-0.2, 0) is 17.8 Å². The van der Waals surface area contributed by atoms with Crippen molar-refractivity contribution in [2.24, 2.45) is 4.99 Å². The van der Waals surface area contributed by atoms with E-state index < -0.39 is 0 Å². The molecule has 0 unspecified atom stereocenters. The van der Waals surface area contributed by atoms with Gasteiger partial charge in [0.2, 0.25) is 5.91 Å². The highest BCUT2D eigenvalue weighted by Gasteiger charge is 2.23. The summed E-state index contributed by atoms with van der Waals surface area (Å²) in [7, 11) is 1.71. The van der Waals surface area contributed by atoms with Gasteiger partial charge >= 0.3 is 0 Å². The highest BCUT2D eigenvalue weighted by Crippen LogP contribution is 2.28. The van der Waals surface area contributed by atoms with Crippen LogP contribution in [0.1, 0.15) is 18.1 Å². The molecule has 0 saturated carbocycles. The fraction of sp³-hybridized carbons (Fsp3) is 0.440. The predicted octanol–water partition coefficient (Wildman–Crippen LogP) is 2.37. The molecule has 0 aromatic heterocycles. The van der Waals surface area contributed by atoms with Crippen LogP contribution in [-0.4, -0.2) is 74.6 Å². The Bertz CT molecular complexity index is 953. The van der Waals surface area contributed by atoms with Crippen LogP contribution in [0, 0.1) is 0 Å². The fourth-order valence-corrected chi connectivity index (χ4v) is 4.43. The Kier molecular flexibility index (Phi) is 7.14. The van der Waals surface area contributed by atoms with Crippen LogP contribution in [0.3, 0.4) is 0 Å².